The highest BCUT2D eigenvalue weighted by molar-refractivity contribution is 5.84. The number of nitrogens with zero attached hydrogens (tertiary/aromatic N) is 1. The van der Waals surface area contributed by atoms with Gasteiger partial charge < -0.3 is 5.73 Å². The van der Waals surface area contributed by atoms with Crippen LogP contribution in [0.25, 0.3) is 10.8 Å². The standard InChI is InChI=1S/C15H16N2/c1-15(2,3)7-6-11-4-5-12-10-17-14(16)9-13(12)8-11/h4-5,8-10H,1-3H3,(H2,16,17). The summed E-state index contributed by atoms with van der Waals surface area (Å²) in [5, 5.41) is 2.17. The minimum absolute atomic E-state index is 0.0201. The number of anilines is 1. The van der Waals surface area contributed by atoms with Crippen LogP contribution in [0.4, 0.5) is 5.82 Å². The van der Waals surface area contributed by atoms with Crippen LogP contribution in [0.15, 0.2) is 30.5 Å². The average molecular weight is 224 g/mol. The second-order valence-electron chi connectivity index (χ2n) is 5.17. The summed E-state index contributed by atoms with van der Waals surface area (Å²) in [6.07, 6.45) is 1.78. The molecule has 2 heteroatoms. The zero-order valence-corrected chi connectivity index (χ0v) is 10.4. The molecule has 86 valence electrons. The SMILES string of the molecule is CC(C)(C)C#Cc1ccc2cnc(N)cc2c1. The van der Waals surface area contributed by atoms with E-state index in [-0.39, 0.29) is 5.41 Å². The fourth-order valence-corrected chi connectivity index (χ4v) is 1.50. The first-order valence-corrected chi connectivity index (χ1v) is 5.62. The first-order chi connectivity index (χ1) is 7.94. The molecular formula is C15H16N2. The van der Waals surface area contributed by atoms with Crippen molar-refractivity contribution in [2.75, 3.05) is 5.73 Å². The minimum Gasteiger partial charge on any atom is -0.384 e. The quantitative estimate of drug-likeness (QED) is 0.698. The molecule has 0 unspecified atom stereocenters. The highest BCUT2D eigenvalue weighted by atomic mass is 14.8. The number of fused-ring (bicyclic) bond motifs is 1. The van der Waals surface area contributed by atoms with Crippen LogP contribution in [-0.4, -0.2) is 4.98 Å². The molecule has 0 amide bonds. The number of nitrogen functional groups attached to an aromatic ring is 1. The number of benzene rings is 1. The van der Waals surface area contributed by atoms with E-state index in [4.69, 9.17) is 5.73 Å². The van der Waals surface area contributed by atoms with Crippen LogP contribution < -0.4 is 5.73 Å². The molecule has 0 saturated carbocycles. The third kappa shape index (κ3) is 2.98. The second-order valence-corrected chi connectivity index (χ2v) is 5.17. The Hall–Kier alpha value is -2.01. The van der Waals surface area contributed by atoms with Crippen molar-refractivity contribution in [3.05, 3.63) is 36.0 Å². The fraction of sp³-hybridized carbons (Fsp3) is 0.267. The lowest BCUT2D eigenvalue weighted by Gasteiger charge is -2.07. The predicted octanol–water partition coefficient (Wildman–Crippen LogP) is 3.21. The molecule has 0 aliphatic rings. The van der Waals surface area contributed by atoms with Crippen LogP contribution in [0.3, 0.4) is 0 Å². The number of aromatic nitrogens is 1. The van der Waals surface area contributed by atoms with Gasteiger partial charge in [0.2, 0.25) is 0 Å². The molecule has 0 bridgehead atoms. The van der Waals surface area contributed by atoms with E-state index in [1.807, 2.05) is 24.3 Å². The largest absolute Gasteiger partial charge is 0.384 e. The summed E-state index contributed by atoms with van der Waals surface area (Å²) < 4.78 is 0. The lowest BCUT2D eigenvalue weighted by Crippen LogP contribution is -1.99. The molecular weight excluding hydrogens is 208 g/mol. The zero-order valence-electron chi connectivity index (χ0n) is 10.4. The van der Waals surface area contributed by atoms with E-state index in [2.05, 4.69) is 37.6 Å². The van der Waals surface area contributed by atoms with Crippen molar-refractivity contribution in [2.45, 2.75) is 20.8 Å². The molecule has 1 aromatic carbocycles. The van der Waals surface area contributed by atoms with Gasteiger partial charge in [0.1, 0.15) is 5.82 Å². The third-order valence-electron chi connectivity index (χ3n) is 2.32. The van der Waals surface area contributed by atoms with Gasteiger partial charge in [0.05, 0.1) is 0 Å². The van der Waals surface area contributed by atoms with Gasteiger partial charge >= 0.3 is 0 Å². The Morgan fingerprint density at radius 2 is 1.88 bits per heavy atom. The van der Waals surface area contributed by atoms with E-state index >= 15 is 0 Å². The van der Waals surface area contributed by atoms with Gasteiger partial charge in [0, 0.05) is 22.6 Å². The van der Waals surface area contributed by atoms with E-state index < -0.39 is 0 Å². The molecule has 0 spiro atoms. The summed E-state index contributed by atoms with van der Waals surface area (Å²) in [7, 11) is 0. The lowest BCUT2D eigenvalue weighted by molar-refractivity contribution is 0.571. The molecule has 17 heavy (non-hydrogen) atoms. The molecule has 1 aromatic heterocycles. The maximum atomic E-state index is 5.67. The number of nitrogens with two attached hydrogens (primary N) is 1. The van der Waals surface area contributed by atoms with Crippen molar-refractivity contribution in [2.24, 2.45) is 5.41 Å². The van der Waals surface area contributed by atoms with Crippen molar-refractivity contribution in [1.82, 2.24) is 4.98 Å². The Labute approximate surface area is 102 Å². The topological polar surface area (TPSA) is 38.9 Å². The first-order valence-electron chi connectivity index (χ1n) is 5.62. The van der Waals surface area contributed by atoms with Gasteiger partial charge in [-0.2, -0.15) is 0 Å². The summed E-state index contributed by atoms with van der Waals surface area (Å²) >= 11 is 0. The number of hydrogen-bond donors (Lipinski definition) is 1. The van der Waals surface area contributed by atoms with Crippen LogP contribution >= 0.6 is 0 Å². The Morgan fingerprint density at radius 3 is 2.59 bits per heavy atom. The highest BCUT2D eigenvalue weighted by Gasteiger charge is 2.03. The Morgan fingerprint density at radius 1 is 1.12 bits per heavy atom. The molecule has 1 heterocycles. The number of rotatable bonds is 0. The predicted molar refractivity (Wildman–Crippen MR) is 72.5 cm³/mol. The maximum absolute atomic E-state index is 5.67. The summed E-state index contributed by atoms with van der Waals surface area (Å²) in [5.41, 5.74) is 6.70. The van der Waals surface area contributed by atoms with Crippen molar-refractivity contribution < 1.29 is 0 Å². The highest BCUT2D eigenvalue weighted by Crippen LogP contribution is 2.17. The summed E-state index contributed by atoms with van der Waals surface area (Å²) in [5.74, 6) is 6.95. The van der Waals surface area contributed by atoms with Gasteiger partial charge in [-0.3, -0.25) is 0 Å². The van der Waals surface area contributed by atoms with Crippen LogP contribution in [0.1, 0.15) is 26.3 Å². The molecule has 2 N–H and O–H groups in total. The van der Waals surface area contributed by atoms with Crippen LogP contribution in [0.5, 0.6) is 0 Å². The zero-order chi connectivity index (χ0) is 12.5. The van der Waals surface area contributed by atoms with Gasteiger partial charge in [0.25, 0.3) is 0 Å². The van der Waals surface area contributed by atoms with Crippen molar-refractivity contribution in [3.63, 3.8) is 0 Å². The third-order valence-corrected chi connectivity index (χ3v) is 2.32. The van der Waals surface area contributed by atoms with Gasteiger partial charge in [-0.05, 0) is 44.4 Å². The maximum Gasteiger partial charge on any atom is 0.123 e. The van der Waals surface area contributed by atoms with E-state index in [0.29, 0.717) is 5.82 Å². The number of hydrogen-bond acceptors (Lipinski definition) is 2. The average Bonchev–Trinajstić information content (AvgIpc) is 2.24. The molecule has 2 aromatic rings. The smallest absolute Gasteiger partial charge is 0.123 e. The number of pyridine rings is 1. The van der Waals surface area contributed by atoms with Crippen molar-refractivity contribution in [1.29, 1.82) is 0 Å². The summed E-state index contributed by atoms with van der Waals surface area (Å²) in [6, 6.07) is 7.96. The molecule has 0 aliphatic heterocycles. The lowest BCUT2D eigenvalue weighted by atomic mass is 9.97. The van der Waals surface area contributed by atoms with Crippen LogP contribution in [-0.2, 0) is 0 Å². The normalized spacial score (nSPS) is 11.0. The molecule has 0 saturated heterocycles. The van der Waals surface area contributed by atoms with Gasteiger partial charge in [-0.15, -0.1) is 0 Å². The van der Waals surface area contributed by atoms with Gasteiger partial charge in [-0.25, -0.2) is 4.98 Å². The van der Waals surface area contributed by atoms with Crippen molar-refractivity contribution in [3.8, 4) is 11.8 Å². The summed E-state index contributed by atoms with van der Waals surface area (Å²) in [6.45, 7) is 6.30. The molecule has 0 fully saturated rings. The van der Waals surface area contributed by atoms with E-state index in [1.54, 1.807) is 6.20 Å². The minimum atomic E-state index is 0.0201. The van der Waals surface area contributed by atoms with E-state index in [9.17, 15) is 0 Å². The fourth-order valence-electron chi connectivity index (χ4n) is 1.50. The van der Waals surface area contributed by atoms with Crippen LogP contribution in [0.2, 0.25) is 0 Å². The molecule has 0 atom stereocenters. The monoisotopic (exact) mass is 224 g/mol. The molecule has 2 nitrogen and oxygen atoms in total. The first kappa shape index (κ1) is 11.5. The van der Waals surface area contributed by atoms with Gasteiger partial charge in [-0.1, -0.05) is 17.9 Å². The van der Waals surface area contributed by atoms with Crippen LogP contribution in [0, 0.1) is 17.3 Å². The Kier molecular flexibility index (Phi) is 2.77. The Bertz CT molecular complexity index is 610. The Balaban J connectivity index is 2.46. The molecule has 0 aliphatic carbocycles. The molecule has 2 rings (SSSR count). The van der Waals surface area contributed by atoms with Gasteiger partial charge in [0.15, 0.2) is 0 Å². The van der Waals surface area contributed by atoms with Crippen molar-refractivity contribution >= 4 is 16.6 Å². The molecule has 0 radical (unpaired) electrons. The summed E-state index contributed by atoms with van der Waals surface area (Å²) in [4.78, 5) is 4.06. The second kappa shape index (κ2) is 4.10. The van der Waals surface area contributed by atoms with E-state index in [1.165, 1.54) is 0 Å². The van der Waals surface area contributed by atoms with E-state index in [0.717, 1.165) is 16.3 Å².